The highest BCUT2D eigenvalue weighted by molar-refractivity contribution is 5.80. The van der Waals surface area contributed by atoms with Gasteiger partial charge in [0.15, 0.2) is 0 Å². The highest BCUT2D eigenvalue weighted by Gasteiger charge is 2.37. The molecule has 0 fully saturated rings. The number of rotatable bonds is 5. The number of alkyl halides is 2. The third-order valence-electron chi connectivity index (χ3n) is 2.95. The molecule has 6 heteroatoms. The lowest BCUT2D eigenvalue weighted by molar-refractivity contribution is -0.149. The van der Waals surface area contributed by atoms with Gasteiger partial charge < -0.3 is 9.84 Å². The lowest BCUT2D eigenvalue weighted by Gasteiger charge is -2.32. The molecule has 0 saturated heterocycles. The van der Waals surface area contributed by atoms with Crippen LogP contribution in [0.15, 0.2) is 24.3 Å². The normalized spacial score (nSPS) is 14.6. The second-order valence-electron chi connectivity index (χ2n) is 4.17. The van der Waals surface area contributed by atoms with E-state index in [1.54, 1.807) is 14.1 Å². The van der Waals surface area contributed by atoms with Crippen LogP contribution < -0.4 is 4.74 Å². The van der Waals surface area contributed by atoms with Crippen LogP contribution >= 0.6 is 0 Å². The van der Waals surface area contributed by atoms with E-state index in [9.17, 15) is 18.7 Å². The van der Waals surface area contributed by atoms with Crippen LogP contribution in [0.25, 0.3) is 0 Å². The molecule has 1 rings (SSSR count). The first-order valence-electron chi connectivity index (χ1n) is 5.24. The first kappa shape index (κ1) is 14.4. The molecule has 1 N–H and O–H groups in total. The zero-order valence-electron chi connectivity index (χ0n) is 10.4. The number of carbonyl (C=O) groups is 1. The van der Waals surface area contributed by atoms with Crippen molar-refractivity contribution in [3.8, 4) is 5.75 Å². The minimum Gasteiger partial charge on any atom is -0.480 e. The van der Waals surface area contributed by atoms with Gasteiger partial charge in [-0.2, -0.15) is 8.78 Å². The Hall–Kier alpha value is -1.69. The van der Waals surface area contributed by atoms with Crippen LogP contribution in [-0.2, 0) is 10.3 Å². The van der Waals surface area contributed by atoms with Crippen molar-refractivity contribution in [1.82, 2.24) is 4.90 Å². The van der Waals surface area contributed by atoms with Gasteiger partial charge in [-0.3, -0.25) is 4.90 Å². The van der Waals surface area contributed by atoms with Crippen molar-refractivity contribution in [1.29, 1.82) is 0 Å². The molecule has 0 amide bonds. The van der Waals surface area contributed by atoms with Crippen molar-refractivity contribution >= 4 is 5.97 Å². The first-order valence-corrected chi connectivity index (χ1v) is 5.24. The van der Waals surface area contributed by atoms with E-state index in [1.165, 1.54) is 36.1 Å². The molecule has 1 atom stereocenters. The Morgan fingerprint density at radius 1 is 1.33 bits per heavy atom. The number of likely N-dealkylation sites (N-methyl/N-ethyl adjacent to an activating group) is 1. The molecular weight excluding hydrogens is 244 g/mol. The summed E-state index contributed by atoms with van der Waals surface area (Å²) in [5.74, 6) is -1.02. The summed E-state index contributed by atoms with van der Waals surface area (Å²) in [7, 11) is 3.27. The van der Waals surface area contributed by atoms with Gasteiger partial charge >= 0.3 is 12.6 Å². The van der Waals surface area contributed by atoms with Gasteiger partial charge in [0.1, 0.15) is 11.3 Å². The van der Waals surface area contributed by atoms with E-state index in [0.29, 0.717) is 5.56 Å². The van der Waals surface area contributed by atoms with Crippen LogP contribution in [0.3, 0.4) is 0 Å². The predicted molar refractivity (Wildman–Crippen MR) is 61.7 cm³/mol. The monoisotopic (exact) mass is 259 g/mol. The fraction of sp³-hybridized carbons (Fsp3) is 0.417. The Bertz CT molecular complexity index is 420. The number of carboxylic acids is 1. The third kappa shape index (κ3) is 2.76. The Labute approximate surface area is 104 Å². The van der Waals surface area contributed by atoms with Gasteiger partial charge in [0.05, 0.1) is 0 Å². The van der Waals surface area contributed by atoms with Crippen LogP contribution in [-0.4, -0.2) is 36.7 Å². The fourth-order valence-corrected chi connectivity index (χ4v) is 1.53. The highest BCUT2D eigenvalue weighted by Crippen LogP contribution is 2.28. The third-order valence-corrected chi connectivity index (χ3v) is 2.95. The van der Waals surface area contributed by atoms with E-state index in [2.05, 4.69) is 4.74 Å². The number of benzene rings is 1. The molecule has 100 valence electrons. The van der Waals surface area contributed by atoms with Crippen molar-refractivity contribution < 1.29 is 23.4 Å². The van der Waals surface area contributed by atoms with Crippen molar-refractivity contribution in [2.45, 2.75) is 19.1 Å². The molecule has 1 aromatic carbocycles. The maximum absolute atomic E-state index is 12.0. The average molecular weight is 259 g/mol. The predicted octanol–water partition coefficient (Wildman–Crippen LogP) is 2.15. The van der Waals surface area contributed by atoms with Gasteiger partial charge in [0.2, 0.25) is 0 Å². The molecule has 0 aliphatic heterocycles. The van der Waals surface area contributed by atoms with Crippen molar-refractivity contribution in [2.24, 2.45) is 0 Å². The molecule has 0 heterocycles. The topological polar surface area (TPSA) is 49.8 Å². The molecule has 0 radical (unpaired) electrons. The smallest absolute Gasteiger partial charge is 0.387 e. The van der Waals surface area contributed by atoms with Crippen molar-refractivity contribution in [2.75, 3.05) is 14.1 Å². The minimum atomic E-state index is -2.89. The van der Waals surface area contributed by atoms with E-state index < -0.39 is 18.1 Å². The molecule has 0 saturated carbocycles. The number of hydrogen-bond donors (Lipinski definition) is 1. The Kier molecular flexibility index (Phi) is 4.24. The van der Waals surface area contributed by atoms with E-state index >= 15 is 0 Å². The molecule has 1 unspecified atom stereocenters. The Morgan fingerprint density at radius 2 is 1.83 bits per heavy atom. The van der Waals surface area contributed by atoms with E-state index in [1.807, 2.05) is 0 Å². The number of carboxylic acid groups (broad SMARTS) is 1. The minimum absolute atomic E-state index is 0.000227. The number of nitrogens with zero attached hydrogens (tertiary/aromatic N) is 1. The van der Waals surface area contributed by atoms with Gasteiger partial charge in [-0.05, 0) is 38.7 Å². The molecular formula is C12H15F2NO3. The molecule has 1 aromatic rings. The quantitative estimate of drug-likeness (QED) is 0.880. The summed E-state index contributed by atoms with van der Waals surface area (Å²) >= 11 is 0. The maximum atomic E-state index is 12.0. The molecule has 18 heavy (non-hydrogen) atoms. The van der Waals surface area contributed by atoms with Crippen molar-refractivity contribution in [3.05, 3.63) is 29.8 Å². The van der Waals surface area contributed by atoms with Crippen LogP contribution in [0.1, 0.15) is 12.5 Å². The van der Waals surface area contributed by atoms with E-state index in [4.69, 9.17) is 0 Å². The average Bonchev–Trinajstić information content (AvgIpc) is 2.27. The summed E-state index contributed by atoms with van der Waals surface area (Å²) < 4.78 is 28.2. The number of hydrogen-bond acceptors (Lipinski definition) is 3. The van der Waals surface area contributed by atoms with Crippen LogP contribution in [0.4, 0.5) is 8.78 Å². The van der Waals surface area contributed by atoms with Crippen LogP contribution in [0.5, 0.6) is 5.75 Å². The lowest BCUT2D eigenvalue weighted by Crippen LogP contribution is -2.45. The molecule has 0 bridgehead atoms. The SMILES string of the molecule is CN(C)C(C)(C(=O)O)c1ccc(OC(F)F)cc1. The lowest BCUT2D eigenvalue weighted by atomic mass is 9.91. The largest absolute Gasteiger partial charge is 0.480 e. The van der Waals surface area contributed by atoms with Gasteiger partial charge in [-0.25, -0.2) is 4.79 Å². The zero-order valence-corrected chi connectivity index (χ0v) is 10.4. The summed E-state index contributed by atoms with van der Waals surface area (Å²) in [5.41, 5.74) is -0.731. The fourth-order valence-electron chi connectivity index (χ4n) is 1.53. The Morgan fingerprint density at radius 3 is 2.17 bits per heavy atom. The highest BCUT2D eigenvalue weighted by atomic mass is 19.3. The molecule has 0 aliphatic carbocycles. The standard InChI is InChI=1S/C12H15F2NO3/c1-12(10(16)17,15(2)3)8-4-6-9(7-5-8)18-11(13)14/h4-7,11H,1-3H3,(H,16,17). The van der Waals surface area contributed by atoms with Gasteiger partial charge in [-0.15, -0.1) is 0 Å². The van der Waals surface area contributed by atoms with Gasteiger partial charge in [-0.1, -0.05) is 12.1 Å². The van der Waals surface area contributed by atoms with Crippen LogP contribution in [0.2, 0.25) is 0 Å². The summed E-state index contributed by atoms with van der Waals surface area (Å²) in [6.45, 7) is -1.35. The van der Waals surface area contributed by atoms with E-state index in [0.717, 1.165) is 0 Å². The molecule has 0 aromatic heterocycles. The molecule has 0 spiro atoms. The maximum Gasteiger partial charge on any atom is 0.387 e. The zero-order chi connectivity index (χ0) is 13.9. The van der Waals surface area contributed by atoms with Gasteiger partial charge in [0.25, 0.3) is 0 Å². The number of ether oxygens (including phenoxy) is 1. The second kappa shape index (κ2) is 5.30. The molecule has 4 nitrogen and oxygen atoms in total. The second-order valence-corrected chi connectivity index (χ2v) is 4.17. The Balaban J connectivity index is 3.06. The van der Waals surface area contributed by atoms with E-state index in [-0.39, 0.29) is 5.75 Å². The van der Waals surface area contributed by atoms with Crippen LogP contribution in [0, 0.1) is 0 Å². The summed E-state index contributed by atoms with van der Waals surface area (Å²) in [6.07, 6.45) is 0. The summed E-state index contributed by atoms with van der Waals surface area (Å²) in [5, 5.41) is 9.28. The van der Waals surface area contributed by atoms with Gasteiger partial charge in [0, 0.05) is 0 Å². The first-order chi connectivity index (χ1) is 8.28. The number of halogens is 2. The molecule has 0 aliphatic rings. The summed E-state index contributed by atoms with van der Waals surface area (Å²) in [4.78, 5) is 12.9. The van der Waals surface area contributed by atoms with Crippen molar-refractivity contribution in [3.63, 3.8) is 0 Å². The number of aliphatic carboxylic acids is 1. The summed E-state index contributed by atoms with van der Waals surface area (Å²) in [6, 6.07) is 5.58.